The highest BCUT2D eigenvalue weighted by atomic mass is 35.5. The maximum absolute atomic E-state index is 13.5. The lowest BCUT2D eigenvalue weighted by atomic mass is 9.77. The summed E-state index contributed by atoms with van der Waals surface area (Å²) >= 11 is 0. The van der Waals surface area contributed by atoms with Crippen molar-refractivity contribution < 1.29 is 14.3 Å². The summed E-state index contributed by atoms with van der Waals surface area (Å²) in [6, 6.07) is 18.6. The van der Waals surface area contributed by atoms with Gasteiger partial charge in [-0.2, -0.15) is 0 Å². The van der Waals surface area contributed by atoms with Gasteiger partial charge in [0.2, 0.25) is 11.8 Å². The van der Waals surface area contributed by atoms with Crippen LogP contribution < -0.4 is 10.1 Å². The molecule has 1 N–H and O–H groups in total. The number of amides is 2. The van der Waals surface area contributed by atoms with Crippen LogP contribution in [0.15, 0.2) is 54.6 Å². The van der Waals surface area contributed by atoms with E-state index in [-0.39, 0.29) is 29.6 Å². The molecule has 0 bridgehead atoms. The molecule has 3 aliphatic rings. The molecule has 1 atom stereocenters. The van der Waals surface area contributed by atoms with Crippen LogP contribution >= 0.6 is 12.4 Å². The van der Waals surface area contributed by atoms with Crippen LogP contribution in [0.1, 0.15) is 68.4 Å². The lowest BCUT2D eigenvalue weighted by molar-refractivity contribution is -0.138. The Morgan fingerprint density at radius 3 is 2.32 bits per heavy atom. The molecule has 2 aromatic carbocycles. The summed E-state index contributed by atoms with van der Waals surface area (Å²) in [6.45, 7) is 4.24. The van der Waals surface area contributed by atoms with Gasteiger partial charge in [-0.15, -0.1) is 12.4 Å². The molecule has 2 saturated heterocycles. The van der Waals surface area contributed by atoms with Crippen LogP contribution in [0.2, 0.25) is 0 Å². The highest BCUT2D eigenvalue weighted by Gasteiger charge is 2.47. The largest absolute Gasteiger partial charge is 0.497 e. The Morgan fingerprint density at radius 2 is 1.66 bits per heavy atom. The van der Waals surface area contributed by atoms with Crippen molar-refractivity contribution in [3.63, 3.8) is 0 Å². The standard InChI is InChI=1S/C31H41N3O3.ClH/c1-37-27-13-11-24(12-14-27)23-34-22-18-31(30(34)36)16-20-33(21-17-31)19-15-28(25-7-3-2-4-8-25)29(35)32-26-9-5-6-10-26;/h2-4,7-8,11-14,26,28H,5-6,9-10,15-23H2,1H3,(H,32,35);1H. The number of benzene rings is 2. The van der Waals surface area contributed by atoms with Gasteiger partial charge in [0.25, 0.3) is 0 Å². The normalized spacial score (nSPS) is 20.3. The topological polar surface area (TPSA) is 61.9 Å². The minimum Gasteiger partial charge on any atom is -0.497 e. The second kappa shape index (κ2) is 13.0. The van der Waals surface area contributed by atoms with Crippen molar-refractivity contribution in [3.05, 3.63) is 65.7 Å². The van der Waals surface area contributed by atoms with E-state index in [1.54, 1.807) is 7.11 Å². The maximum atomic E-state index is 13.5. The monoisotopic (exact) mass is 539 g/mol. The maximum Gasteiger partial charge on any atom is 0.229 e. The van der Waals surface area contributed by atoms with Crippen molar-refractivity contribution >= 4 is 24.2 Å². The van der Waals surface area contributed by atoms with Gasteiger partial charge < -0.3 is 19.9 Å². The quantitative estimate of drug-likeness (QED) is 0.478. The Balaban J connectivity index is 0.00000336. The van der Waals surface area contributed by atoms with Crippen molar-refractivity contribution in [2.24, 2.45) is 5.41 Å². The third-order valence-electron chi connectivity index (χ3n) is 8.90. The molecule has 1 spiro atoms. The number of ether oxygens (including phenoxy) is 1. The number of halogens is 1. The number of likely N-dealkylation sites (tertiary alicyclic amines) is 2. The Labute approximate surface area is 233 Å². The van der Waals surface area contributed by atoms with Crippen molar-refractivity contribution in [2.75, 3.05) is 33.3 Å². The number of nitrogens with zero attached hydrogens (tertiary/aromatic N) is 2. The van der Waals surface area contributed by atoms with E-state index in [9.17, 15) is 9.59 Å². The van der Waals surface area contributed by atoms with Crippen LogP contribution in [-0.2, 0) is 16.1 Å². The first kappa shape index (κ1) is 28.4. The third-order valence-corrected chi connectivity index (χ3v) is 8.90. The fourth-order valence-electron chi connectivity index (χ4n) is 6.48. The van der Waals surface area contributed by atoms with E-state index in [0.717, 1.165) is 81.6 Å². The molecule has 0 radical (unpaired) electrons. The van der Waals surface area contributed by atoms with Crippen molar-refractivity contribution in [1.29, 1.82) is 0 Å². The number of piperidine rings is 1. The number of carbonyl (C=O) groups is 2. The van der Waals surface area contributed by atoms with E-state index < -0.39 is 0 Å². The molecule has 206 valence electrons. The summed E-state index contributed by atoms with van der Waals surface area (Å²) < 4.78 is 5.26. The van der Waals surface area contributed by atoms with Crippen molar-refractivity contribution in [3.8, 4) is 5.75 Å². The smallest absolute Gasteiger partial charge is 0.229 e. The van der Waals surface area contributed by atoms with E-state index in [1.807, 2.05) is 47.4 Å². The summed E-state index contributed by atoms with van der Waals surface area (Å²) in [5.41, 5.74) is 2.04. The van der Waals surface area contributed by atoms with E-state index in [1.165, 1.54) is 12.8 Å². The molecule has 2 heterocycles. The fourth-order valence-corrected chi connectivity index (χ4v) is 6.48. The molecule has 2 amide bonds. The zero-order valence-electron chi connectivity index (χ0n) is 22.6. The number of carbonyl (C=O) groups excluding carboxylic acids is 2. The van der Waals surface area contributed by atoms with Gasteiger partial charge in [-0.25, -0.2) is 0 Å². The van der Waals surface area contributed by atoms with Gasteiger partial charge in [0, 0.05) is 19.1 Å². The first-order valence-corrected chi connectivity index (χ1v) is 14.1. The van der Waals surface area contributed by atoms with Crippen LogP contribution in [0.25, 0.3) is 0 Å². The zero-order valence-corrected chi connectivity index (χ0v) is 23.4. The SMILES string of the molecule is COc1ccc(CN2CCC3(CCN(CCC(C(=O)NC4CCCC4)c4ccccc4)CC3)C2=O)cc1.Cl. The predicted molar refractivity (Wildman–Crippen MR) is 153 cm³/mol. The molecular weight excluding hydrogens is 498 g/mol. The number of nitrogens with one attached hydrogen (secondary N) is 1. The molecule has 1 unspecified atom stereocenters. The number of hydrogen-bond donors (Lipinski definition) is 1. The molecule has 3 fully saturated rings. The second-order valence-corrected chi connectivity index (χ2v) is 11.2. The molecular formula is C31H42ClN3O3. The molecule has 1 aliphatic carbocycles. The molecule has 0 aromatic heterocycles. The van der Waals surface area contributed by atoms with E-state index in [4.69, 9.17) is 4.74 Å². The lowest BCUT2D eigenvalue weighted by Crippen LogP contribution is -2.45. The molecule has 2 aromatic rings. The summed E-state index contributed by atoms with van der Waals surface area (Å²) in [5, 5.41) is 3.33. The number of methoxy groups -OCH3 is 1. The van der Waals surface area contributed by atoms with Gasteiger partial charge in [-0.3, -0.25) is 9.59 Å². The molecule has 2 aliphatic heterocycles. The molecule has 5 rings (SSSR count). The van der Waals surface area contributed by atoms with Gasteiger partial charge in [-0.1, -0.05) is 55.3 Å². The van der Waals surface area contributed by atoms with Crippen LogP contribution in [0, 0.1) is 5.41 Å². The first-order chi connectivity index (χ1) is 18.1. The molecule has 1 saturated carbocycles. The van der Waals surface area contributed by atoms with Crippen molar-refractivity contribution in [1.82, 2.24) is 15.1 Å². The average molecular weight is 540 g/mol. The summed E-state index contributed by atoms with van der Waals surface area (Å²) in [7, 11) is 1.67. The van der Waals surface area contributed by atoms with Gasteiger partial charge >= 0.3 is 0 Å². The van der Waals surface area contributed by atoms with Crippen LogP contribution in [0.3, 0.4) is 0 Å². The zero-order chi connectivity index (χ0) is 25.7. The summed E-state index contributed by atoms with van der Waals surface area (Å²) in [6.07, 6.45) is 8.22. The molecule has 38 heavy (non-hydrogen) atoms. The highest BCUT2D eigenvalue weighted by molar-refractivity contribution is 5.86. The van der Waals surface area contributed by atoms with E-state index in [0.29, 0.717) is 18.5 Å². The predicted octanol–water partition coefficient (Wildman–Crippen LogP) is 5.16. The Morgan fingerprint density at radius 1 is 1.00 bits per heavy atom. The minimum absolute atomic E-state index is 0. The van der Waals surface area contributed by atoms with Crippen LogP contribution in [0.4, 0.5) is 0 Å². The van der Waals surface area contributed by atoms with Gasteiger partial charge in [-0.05, 0) is 81.4 Å². The number of hydrogen-bond acceptors (Lipinski definition) is 4. The fraction of sp³-hybridized carbons (Fsp3) is 0.548. The van der Waals surface area contributed by atoms with Crippen LogP contribution in [0.5, 0.6) is 5.75 Å². The minimum atomic E-state index is -0.207. The molecule has 6 nitrogen and oxygen atoms in total. The first-order valence-electron chi connectivity index (χ1n) is 14.1. The third kappa shape index (κ3) is 6.52. The van der Waals surface area contributed by atoms with Crippen molar-refractivity contribution in [2.45, 2.75) is 69.9 Å². The van der Waals surface area contributed by atoms with E-state index >= 15 is 0 Å². The Hall–Kier alpha value is -2.57. The Kier molecular flexibility index (Phi) is 9.72. The Bertz CT molecular complexity index is 1050. The number of rotatable bonds is 9. The second-order valence-electron chi connectivity index (χ2n) is 11.2. The molecule has 7 heteroatoms. The van der Waals surface area contributed by atoms with E-state index in [2.05, 4.69) is 22.3 Å². The lowest BCUT2D eigenvalue weighted by Gasteiger charge is -2.38. The summed E-state index contributed by atoms with van der Waals surface area (Å²) in [4.78, 5) is 31.2. The average Bonchev–Trinajstić information content (AvgIpc) is 3.55. The summed E-state index contributed by atoms with van der Waals surface area (Å²) in [5.74, 6) is 1.21. The van der Waals surface area contributed by atoms with Gasteiger partial charge in [0.05, 0.1) is 18.4 Å². The van der Waals surface area contributed by atoms with Gasteiger partial charge in [0.1, 0.15) is 5.75 Å². The van der Waals surface area contributed by atoms with Crippen LogP contribution in [-0.4, -0.2) is 60.9 Å². The van der Waals surface area contributed by atoms with Gasteiger partial charge in [0.15, 0.2) is 0 Å². The highest BCUT2D eigenvalue weighted by Crippen LogP contribution is 2.42.